The van der Waals surface area contributed by atoms with Crippen molar-refractivity contribution in [3.05, 3.63) is 46.1 Å². The Kier molecular flexibility index (Phi) is 5.84. The molecule has 0 amide bonds. The van der Waals surface area contributed by atoms with E-state index in [1.54, 1.807) is 0 Å². The van der Waals surface area contributed by atoms with Crippen LogP contribution in [-0.2, 0) is 17.8 Å². The van der Waals surface area contributed by atoms with Gasteiger partial charge in [0.25, 0.3) is 0 Å². The minimum Gasteiger partial charge on any atom is -0.508 e. The lowest BCUT2D eigenvalue weighted by molar-refractivity contribution is -0.0601. The van der Waals surface area contributed by atoms with Gasteiger partial charge in [0.05, 0.1) is 11.7 Å². The Labute approximate surface area is 166 Å². The van der Waals surface area contributed by atoms with Crippen LogP contribution in [0.3, 0.4) is 0 Å². The van der Waals surface area contributed by atoms with Crippen LogP contribution in [0, 0.1) is 0 Å². The Balaban J connectivity index is 1.73. The monoisotopic (exact) mass is 386 g/mol. The molecule has 1 aromatic rings. The normalized spacial score (nSPS) is 23.5. The van der Waals surface area contributed by atoms with Crippen molar-refractivity contribution in [1.82, 2.24) is 0 Å². The zero-order chi connectivity index (χ0) is 20.5. The van der Waals surface area contributed by atoms with E-state index < -0.39 is 17.7 Å². The molecule has 28 heavy (non-hydrogen) atoms. The van der Waals surface area contributed by atoms with E-state index in [-0.39, 0.29) is 12.4 Å². The van der Waals surface area contributed by atoms with Crippen LogP contribution in [0.4, 0.5) is 0 Å². The summed E-state index contributed by atoms with van der Waals surface area (Å²) in [6.45, 7) is 8.37. The number of hydrogen-bond acceptors (Lipinski definition) is 5. The van der Waals surface area contributed by atoms with Gasteiger partial charge in [0.2, 0.25) is 0 Å². The van der Waals surface area contributed by atoms with Gasteiger partial charge in [-0.15, -0.1) is 0 Å². The van der Waals surface area contributed by atoms with E-state index in [0.29, 0.717) is 35.3 Å². The van der Waals surface area contributed by atoms with Crippen molar-refractivity contribution in [2.45, 2.75) is 78.1 Å². The Morgan fingerprint density at radius 2 is 2.00 bits per heavy atom. The van der Waals surface area contributed by atoms with Gasteiger partial charge in [-0.1, -0.05) is 23.3 Å². The molecule has 3 rings (SSSR count). The zero-order valence-electron chi connectivity index (χ0n) is 17.2. The number of carbonyl (C=O) groups excluding carboxylic acids is 1. The summed E-state index contributed by atoms with van der Waals surface area (Å²) < 4.78 is 11.3. The molecule has 2 N–H and O–H groups in total. The Morgan fingerprint density at radius 3 is 2.71 bits per heavy atom. The van der Waals surface area contributed by atoms with Crippen molar-refractivity contribution >= 4 is 5.97 Å². The molecular formula is C23H30O5. The van der Waals surface area contributed by atoms with Crippen molar-refractivity contribution in [3.63, 3.8) is 0 Å². The number of phenolic OH excluding ortho intramolecular Hbond substituents is 1. The minimum absolute atomic E-state index is 0.0243. The zero-order valence-corrected chi connectivity index (χ0v) is 17.2. The SMILES string of the molecule is CC(C)=CCC/C(C)=C/CC[C@]1(C)Oc2c(c(O)cc3c2COC3=O)C[C@H]1O. The molecule has 2 heterocycles. The molecule has 5 heteroatoms. The molecule has 0 saturated heterocycles. The number of phenols is 1. The van der Waals surface area contributed by atoms with Crippen molar-refractivity contribution in [1.29, 1.82) is 0 Å². The summed E-state index contributed by atoms with van der Waals surface area (Å²) in [5.74, 6) is 0.0288. The maximum Gasteiger partial charge on any atom is 0.339 e. The molecule has 2 aliphatic rings. The first-order chi connectivity index (χ1) is 13.2. The van der Waals surface area contributed by atoms with Gasteiger partial charge in [-0.05, 0) is 59.4 Å². The van der Waals surface area contributed by atoms with Gasteiger partial charge >= 0.3 is 5.97 Å². The number of hydrogen-bond donors (Lipinski definition) is 2. The molecule has 0 aliphatic carbocycles. The Morgan fingerprint density at radius 1 is 1.25 bits per heavy atom. The topological polar surface area (TPSA) is 76.0 Å². The summed E-state index contributed by atoms with van der Waals surface area (Å²) in [5, 5.41) is 21.0. The third kappa shape index (κ3) is 4.09. The number of esters is 1. The van der Waals surface area contributed by atoms with Crippen LogP contribution in [0.25, 0.3) is 0 Å². The molecule has 0 spiro atoms. The highest BCUT2D eigenvalue weighted by molar-refractivity contribution is 5.95. The molecule has 1 aromatic carbocycles. The molecule has 0 unspecified atom stereocenters. The summed E-state index contributed by atoms with van der Waals surface area (Å²) in [6.07, 6.45) is 7.49. The number of aliphatic hydroxyl groups is 1. The fourth-order valence-electron chi connectivity index (χ4n) is 3.82. The first-order valence-electron chi connectivity index (χ1n) is 9.92. The second kappa shape index (κ2) is 8.00. The van der Waals surface area contributed by atoms with Crippen LogP contribution in [0.2, 0.25) is 0 Å². The van der Waals surface area contributed by atoms with Gasteiger partial charge in [0, 0.05) is 17.5 Å². The highest BCUT2D eigenvalue weighted by Crippen LogP contribution is 2.45. The fourth-order valence-corrected chi connectivity index (χ4v) is 3.82. The number of carbonyl (C=O) groups is 1. The maximum absolute atomic E-state index is 11.9. The molecule has 152 valence electrons. The van der Waals surface area contributed by atoms with E-state index in [0.717, 1.165) is 19.3 Å². The molecule has 0 fully saturated rings. The lowest BCUT2D eigenvalue weighted by atomic mass is 9.84. The Hall–Kier alpha value is -2.27. The van der Waals surface area contributed by atoms with Crippen molar-refractivity contribution in [2.75, 3.05) is 0 Å². The average molecular weight is 386 g/mol. The van der Waals surface area contributed by atoms with Gasteiger partial charge in [0.1, 0.15) is 23.7 Å². The number of cyclic esters (lactones) is 1. The first kappa shape index (κ1) is 20.5. The molecule has 2 aliphatic heterocycles. The second-order valence-corrected chi connectivity index (χ2v) is 8.35. The van der Waals surface area contributed by atoms with Gasteiger partial charge in [-0.25, -0.2) is 4.79 Å². The number of benzene rings is 1. The highest BCUT2D eigenvalue weighted by atomic mass is 16.5. The van der Waals surface area contributed by atoms with Crippen LogP contribution >= 0.6 is 0 Å². The molecule has 0 saturated carbocycles. The standard InChI is InChI=1S/C23H30O5/c1-14(2)7-5-8-15(3)9-6-10-23(4)20(25)12-17-19(24)11-16-18(21(17)28-23)13-27-22(16)26/h7,9,11,20,24-25H,5-6,8,10,12-13H2,1-4H3/b15-9+/t20-,23+/m1/s1. The Bertz CT molecular complexity index is 832. The van der Waals surface area contributed by atoms with E-state index in [1.165, 1.54) is 17.2 Å². The fraction of sp³-hybridized carbons (Fsp3) is 0.522. The molecule has 0 radical (unpaired) electrons. The van der Waals surface area contributed by atoms with Gasteiger partial charge in [-0.2, -0.15) is 0 Å². The van der Waals surface area contributed by atoms with Crippen molar-refractivity contribution < 1.29 is 24.5 Å². The van der Waals surface area contributed by atoms with Crippen molar-refractivity contribution in [2.24, 2.45) is 0 Å². The summed E-state index contributed by atoms with van der Waals surface area (Å²) >= 11 is 0. The first-order valence-corrected chi connectivity index (χ1v) is 9.92. The third-order valence-corrected chi connectivity index (χ3v) is 5.69. The molecule has 5 nitrogen and oxygen atoms in total. The molecular weight excluding hydrogens is 356 g/mol. The van der Waals surface area contributed by atoms with E-state index >= 15 is 0 Å². The van der Waals surface area contributed by atoms with Gasteiger partial charge in [0.15, 0.2) is 0 Å². The number of ether oxygens (including phenoxy) is 2. The van der Waals surface area contributed by atoms with Crippen molar-refractivity contribution in [3.8, 4) is 11.5 Å². The lowest BCUT2D eigenvalue weighted by Gasteiger charge is -2.40. The maximum atomic E-state index is 11.9. The van der Waals surface area contributed by atoms with E-state index in [4.69, 9.17) is 9.47 Å². The predicted octanol–water partition coefficient (Wildman–Crippen LogP) is 4.59. The number of allylic oxidation sites excluding steroid dienone is 4. The summed E-state index contributed by atoms with van der Waals surface area (Å²) in [6, 6.07) is 1.42. The smallest absolute Gasteiger partial charge is 0.339 e. The van der Waals surface area contributed by atoms with Crippen LogP contribution in [-0.4, -0.2) is 27.9 Å². The molecule has 0 aromatic heterocycles. The lowest BCUT2D eigenvalue weighted by Crippen LogP contribution is -2.49. The van der Waals surface area contributed by atoms with Crippen LogP contribution in [0.1, 0.15) is 74.9 Å². The van der Waals surface area contributed by atoms with Crippen LogP contribution in [0.5, 0.6) is 11.5 Å². The van der Waals surface area contributed by atoms with E-state index in [9.17, 15) is 15.0 Å². The highest BCUT2D eigenvalue weighted by Gasteiger charge is 2.43. The summed E-state index contributed by atoms with van der Waals surface area (Å²) in [7, 11) is 0. The summed E-state index contributed by atoms with van der Waals surface area (Å²) in [5.41, 5.74) is 3.45. The number of fused-ring (bicyclic) bond motifs is 3. The van der Waals surface area contributed by atoms with E-state index in [2.05, 4.69) is 32.9 Å². The van der Waals surface area contributed by atoms with Gasteiger partial charge < -0.3 is 19.7 Å². The van der Waals surface area contributed by atoms with E-state index in [1.807, 2.05) is 6.92 Å². The number of aromatic hydroxyl groups is 1. The third-order valence-electron chi connectivity index (χ3n) is 5.69. The number of rotatable bonds is 6. The molecule has 0 bridgehead atoms. The van der Waals surface area contributed by atoms with Crippen LogP contribution in [0.15, 0.2) is 29.4 Å². The number of aliphatic hydroxyl groups excluding tert-OH is 1. The van der Waals surface area contributed by atoms with Gasteiger partial charge in [-0.3, -0.25) is 0 Å². The summed E-state index contributed by atoms with van der Waals surface area (Å²) in [4.78, 5) is 11.9. The second-order valence-electron chi connectivity index (χ2n) is 8.35. The average Bonchev–Trinajstić information content (AvgIpc) is 2.97. The minimum atomic E-state index is -0.781. The predicted molar refractivity (Wildman–Crippen MR) is 108 cm³/mol. The molecule has 2 atom stereocenters. The van der Waals surface area contributed by atoms with Crippen LogP contribution < -0.4 is 4.74 Å². The largest absolute Gasteiger partial charge is 0.508 e. The quantitative estimate of drug-likeness (QED) is 0.552.